The van der Waals surface area contributed by atoms with Crippen molar-refractivity contribution in [2.45, 2.75) is 30.8 Å². The maximum atomic E-state index is 12.8. The fraction of sp³-hybridized carbons (Fsp3) is 0.438. The topological polar surface area (TPSA) is 61.2 Å². The molecule has 24 heavy (non-hydrogen) atoms. The van der Waals surface area contributed by atoms with E-state index < -0.39 is 21.8 Å². The molecule has 1 aliphatic rings. The molecule has 0 aliphatic carbocycles. The molecule has 1 aromatic rings. The summed E-state index contributed by atoms with van der Waals surface area (Å²) in [5.41, 5.74) is -0.526. The van der Waals surface area contributed by atoms with Gasteiger partial charge in [0, 0.05) is 24.7 Å². The van der Waals surface area contributed by atoms with Crippen LogP contribution in [0.2, 0.25) is 0 Å². The Morgan fingerprint density at radius 1 is 1.29 bits per heavy atom. The summed E-state index contributed by atoms with van der Waals surface area (Å²) in [6.45, 7) is 2.20. The summed E-state index contributed by atoms with van der Waals surface area (Å²) in [5.74, 6) is -0.0193. The van der Waals surface area contributed by atoms with Crippen molar-refractivity contribution in [3.63, 3.8) is 0 Å². The molecule has 8 heteroatoms. The first-order valence-corrected chi connectivity index (χ1v) is 8.99. The third kappa shape index (κ3) is 4.05. The monoisotopic (exact) mass is 360 g/mol. The van der Waals surface area contributed by atoms with Gasteiger partial charge in [-0.3, -0.25) is 0 Å². The number of hydrogen-bond acceptors (Lipinski definition) is 3. The summed E-state index contributed by atoms with van der Waals surface area (Å²) in [6, 6.07) is 3.80. The van der Waals surface area contributed by atoms with Crippen LogP contribution in [-0.4, -0.2) is 31.5 Å². The molecule has 0 saturated carbocycles. The summed E-state index contributed by atoms with van der Waals surface area (Å²) >= 11 is 0. The van der Waals surface area contributed by atoms with Gasteiger partial charge in [-0.2, -0.15) is 17.5 Å². The van der Waals surface area contributed by atoms with Gasteiger partial charge in [0.15, 0.2) is 0 Å². The SMILES string of the molecule is C/C=C\C(=N)C1CCN(S(=O)(=O)c2cccc(C(F)(F)F)c2)CC1. The molecule has 0 spiro atoms. The number of alkyl halides is 3. The van der Waals surface area contributed by atoms with E-state index in [0.29, 0.717) is 24.6 Å². The van der Waals surface area contributed by atoms with E-state index in [1.165, 1.54) is 10.4 Å². The molecule has 0 amide bonds. The predicted molar refractivity (Wildman–Crippen MR) is 85.5 cm³/mol. The highest BCUT2D eigenvalue weighted by Gasteiger charge is 2.34. The van der Waals surface area contributed by atoms with Crippen LogP contribution in [0.1, 0.15) is 25.3 Å². The van der Waals surface area contributed by atoms with E-state index in [9.17, 15) is 21.6 Å². The zero-order chi connectivity index (χ0) is 18.0. The Morgan fingerprint density at radius 2 is 1.92 bits per heavy atom. The minimum Gasteiger partial charge on any atom is -0.305 e. The highest BCUT2D eigenvalue weighted by molar-refractivity contribution is 7.89. The van der Waals surface area contributed by atoms with Gasteiger partial charge in [0.2, 0.25) is 10.0 Å². The van der Waals surface area contributed by atoms with Crippen molar-refractivity contribution in [3.05, 3.63) is 42.0 Å². The largest absolute Gasteiger partial charge is 0.416 e. The van der Waals surface area contributed by atoms with Crippen molar-refractivity contribution >= 4 is 15.7 Å². The number of rotatable bonds is 4. The first-order chi connectivity index (χ1) is 11.2. The summed E-state index contributed by atoms with van der Waals surface area (Å²) in [4.78, 5) is -0.348. The number of halogens is 3. The second-order valence-corrected chi connectivity index (χ2v) is 7.60. The van der Waals surface area contributed by atoms with E-state index in [-0.39, 0.29) is 23.9 Å². The van der Waals surface area contributed by atoms with Gasteiger partial charge in [-0.15, -0.1) is 0 Å². The second-order valence-electron chi connectivity index (χ2n) is 5.66. The molecule has 0 unspecified atom stereocenters. The fourth-order valence-electron chi connectivity index (χ4n) is 2.70. The van der Waals surface area contributed by atoms with Gasteiger partial charge < -0.3 is 5.41 Å². The quantitative estimate of drug-likeness (QED) is 0.832. The average Bonchev–Trinajstić information content (AvgIpc) is 2.54. The van der Waals surface area contributed by atoms with Crippen molar-refractivity contribution < 1.29 is 21.6 Å². The maximum absolute atomic E-state index is 12.8. The first kappa shape index (κ1) is 18.7. The van der Waals surface area contributed by atoms with Crippen molar-refractivity contribution in [1.82, 2.24) is 4.31 Å². The van der Waals surface area contributed by atoms with Crippen LogP contribution in [0.25, 0.3) is 0 Å². The smallest absolute Gasteiger partial charge is 0.305 e. The van der Waals surface area contributed by atoms with Gasteiger partial charge in [-0.1, -0.05) is 12.1 Å². The molecule has 4 nitrogen and oxygen atoms in total. The molecule has 0 aromatic heterocycles. The Morgan fingerprint density at radius 3 is 2.46 bits per heavy atom. The van der Waals surface area contributed by atoms with Crippen LogP contribution in [0.5, 0.6) is 0 Å². The van der Waals surface area contributed by atoms with E-state index >= 15 is 0 Å². The van der Waals surface area contributed by atoms with Gasteiger partial charge in [-0.25, -0.2) is 8.42 Å². The zero-order valence-corrected chi connectivity index (χ0v) is 14.0. The zero-order valence-electron chi connectivity index (χ0n) is 13.2. The Balaban J connectivity index is 2.17. The minimum absolute atomic E-state index is 0.0193. The molecule has 0 atom stereocenters. The van der Waals surface area contributed by atoms with Crippen LogP contribution in [0, 0.1) is 11.3 Å². The predicted octanol–water partition coefficient (Wildman–Crippen LogP) is 3.70. The average molecular weight is 360 g/mol. The molecule has 2 rings (SSSR count). The number of hydrogen-bond donors (Lipinski definition) is 1. The normalized spacial score (nSPS) is 18.2. The third-order valence-corrected chi connectivity index (χ3v) is 5.93. The Labute approximate surface area is 139 Å². The lowest BCUT2D eigenvalue weighted by Crippen LogP contribution is -2.40. The molecule has 0 bridgehead atoms. The van der Waals surface area contributed by atoms with E-state index in [1.807, 2.05) is 6.92 Å². The van der Waals surface area contributed by atoms with E-state index in [1.54, 1.807) is 12.2 Å². The Bertz CT molecular complexity index is 734. The molecule has 1 saturated heterocycles. The van der Waals surface area contributed by atoms with Crippen molar-refractivity contribution in [2.24, 2.45) is 5.92 Å². The van der Waals surface area contributed by atoms with E-state index in [4.69, 9.17) is 5.41 Å². The highest BCUT2D eigenvalue weighted by atomic mass is 32.2. The fourth-order valence-corrected chi connectivity index (χ4v) is 4.22. The molecule has 132 valence electrons. The first-order valence-electron chi connectivity index (χ1n) is 7.55. The van der Waals surface area contributed by atoms with Crippen molar-refractivity contribution in [2.75, 3.05) is 13.1 Å². The number of nitrogens with one attached hydrogen (secondary N) is 1. The number of sulfonamides is 1. The van der Waals surface area contributed by atoms with Crippen molar-refractivity contribution in [3.8, 4) is 0 Å². The molecular formula is C16H19F3N2O2S. The molecule has 1 heterocycles. The van der Waals surface area contributed by atoms with Crippen LogP contribution in [0.15, 0.2) is 41.3 Å². The van der Waals surface area contributed by atoms with Gasteiger partial charge in [0.1, 0.15) is 0 Å². The number of nitrogens with zero attached hydrogens (tertiary/aromatic N) is 1. The van der Waals surface area contributed by atoms with E-state index in [2.05, 4.69) is 0 Å². The van der Waals surface area contributed by atoms with Crippen LogP contribution < -0.4 is 0 Å². The second kappa shape index (κ2) is 7.06. The van der Waals surface area contributed by atoms with E-state index in [0.717, 1.165) is 12.1 Å². The summed E-state index contributed by atoms with van der Waals surface area (Å²) in [7, 11) is -3.96. The minimum atomic E-state index is -4.58. The molecule has 1 N–H and O–H groups in total. The van der Waals surface area contributed by atoms with Gasteiger partial charge in [0.05, 0.1) is 10.5 Å². The van der Waals surface area contributed by atoms with Crippen LogP contribution in [0.3, 0.4) is 0 Å². The Kier molecular flexibility index (Phi) is 5.49. The summed E-state index contributed by atoms with van der Waals surface area (Å²) in [6.07, 6.45) is -0.168. The van der Waals surface area contributed by atoms with Crippen LogP contribution >= 0.6 is 0 Å². The standard InChI is InChI=1S/C16H19F3N2O2S/c1-2-4-15(20)12-7-9-21(10-8-12)24(22,23)14-6-3-5-13(11-14)16(17,18)19/h2-6,11-12,20H,7-10H2,1H3/b4-2-,20-15?. The summed E-state index contributed by atoms with van der Waals surface area (Å²) < 4.78 is 64.6. The number of piperidine rings is 1. The molecular weight excluding hydrogens is 341 g/mol. The lowest BCUT2D eigenvalue weighted by Gasteiger charge is -2.31. The molecule has 1 fully saturated rings. The Hall–Kier alpha value is -1.67. The molecule has 1 aliphatic heterocycles. The summed E-state index contributed by atoms with van der Waals surface area (Å²) in [5, 5.41) is 7.89. The van der Waals surface area contributed by atoms with Gasteiger partial charge >= 0.3 is 6.18 Å². The lowest BCUT2D eigenvalue weighted by atomic mass is 9.93. The van der Waals surface area contributed by atoms with Gasteiger partial charge in [-0.05, 0) is 44.0 Å². The lowest BCUT2D eigenvalue weighted by molar-refractivity contribution is -0.137. The molecule has 1 aromatic carbocycles. The van der Waals surface area contributed by atoms with Crippen molar-refractivity contribution in [1.29, 1.82) is 5.41 Å². The highest BCUT2D eigenvalue weighted by Crippen LogP contribution is 2.32. The van der Waals surface area contributed by atoms with Crippen LogP contribution in [0.4, 0.5) is 13.2 Å². The maximum Gasteiger partial charge on any atom is 0.416 e. The third-order valence-electron chi connectivity index (χ3n) is 4.04. The van der Waals surface area contributed by atoms with Gasteiger partial charge in [0.25, 0.3) is 0 Å². The molecule has 0 radical (unpaired) electrons. The number of allylic oxidation sites excluding steroid dienone is 2. The van der Waals surface area contributed by atoms with Crippen LogP contribution in [-0.2, 0) is 16.2 Å². The number of benzene rings is 1.